The number of amides is 4. The molecule has 2 N–H and O–H groups in total. The summed E-state index contributed by atoms with van der Waals surface area (Å²) in [5, 5.41) is 16.0. The van der Waals surface area contributed by atoms with E-state index in [4.69, 9.17) is 14.2 Å². The molecule has 3 fully saturated rings. The summed E-state index contributed by atoms with van der Waals surface area (Å²) in [4.78, 5) is 64.5. The van der Waals surface area contributed by atoms with E-state index in [1.165, 1.54) is 12.1 Å². The van der Waals surface area contributed by atoms with Crippen LogP contribution in [-0.4, -0.2) is 132 Å². The van der Waals surface area contributed by atoms with Gasteiger partial charge in [-0.3, -0.25) is 39.2 Å². The van der Waals surface area contributed by atoms with Crippen LogP contribution in [0.4, 0.5) is 5.82 Å². The number of rotatable bonds is 14. The van der Waals surface area contributed by atoms with Crippen molar-refractivity contribution in [3.05, 3.63) is 59.4 Å². The van der Waals surface area contributed by atoms with E-state index >= 15 is 0 Å². The third-order valence-corrected chi connectivity index (χ3v) is 10.6. The highest BCUT2D eigenvalue weighted by Crippen LogP contribution is 2.31. The summed E-state index contributed by atoms with van der Waals surface area (Å²) in [7, 11) is 0. The molecule has 1 atom stereocenters. The maximum atomic E-state index is 13.0. The van der Waals surface area contributed by atoms with E-state index < -0.39 is 29.7 Å². The highest BCUT2D eigenvalue weighted by molar-refractivity contribution is 6.23. The lowest BCUT2D eigenvalue weighted by Crippen LogP contribution is -2.54. The Balaban J connectivity index is 0.732. The van der Waals surface area contributed by atoms with Gasteiger partial charge in [0, 0.05) is 56.6 Å². The molecule has 15 nitrogen and oxygen atoms in total. The lowest BCUT2D eigenvalue weighted by molar-refractivity contribution is -0.136. The molecule has 3 aromatic rings. The Labute approximate surface area is 307 Å². The average Bonchev–Trinajstić information content (AvgIpc) is 3.42. The van der Waals surface area contributed by atoms with Gasteiger partial charge in [-0.25, -0.2) is 9.97 Å². The molecule has 0 radical (unpaired) electrons. The molecule has 2 saturated heterocycles. The summed E-state index contributed by atoms with van der Waals surface area (Å²) in [6.07, 6.45) is 6.23. The van der Waals surface area contributed by atoms with Crippen molar-refractivity contribution >= 4 is 40.3 Å². The molecule has 4 heterocycles. The number of fused-ring (bicyclic) bond motifs is 2. The molecule has 1 unspecified atom stereocenters. The first kappa shape index (κ1) is 36.4. The van der Waals surface area contributed by atoms with E-state index in [0.717, 1.165) is 80.0 Å². The van der Waals surface area contributed by atoms with E-state index in [9.17, 15) is 24.4 Å². The van der Waals surface area contributed by atoms with Gasteiger partial charge in [-0.2, -0.15) is 5.26 Å². The van der Waals surface area contributed by atoms with Crippen LogP contribution in [0.1, 0.15) is 64.8 Å². The van der Waals surface area contributed by atoms with Gasteiger partial charge in [0.05, 0.1) is 54.7 Å². The van der Waals surface area contributed by atoms with Crippen molar-refractivity contribution in [2.75, 3.05) is 71.1 Å². The van der Waals surface area contributed by atoms with Crippen LogP contribution in [0.5, 0.6) is 5.75 Å². The van der Waals surface area contributed by atoms with Gasteiger partial charge in [-0.05, 0) is 68.5 Å². The van der Waals surface area contributed by atoms with Crippen molar-refractivity contribution in [3.63, 3.8) is 0 Å². The second-order valence-corrected chi connectivity index (χ2v) is 13.8. The van der Waals surface area contributed by atoms with Crippen molar-refractivity contribution in [3.8, 4) is 11.8 Å². The zero-order valence-electron chi connectivity index (χ0n) is 29.6. The fourth-order valence-electron chi connectivity index (χ4n) is 7.65. The van der Waals surface area contributed by atoms with Crippen molar-refractivity contribution in [2.45, 2.75) is 56.7 Å². The van der Waals surface area contributed by atoms with Gasteiger partial charge >= 0.3 is 0 Å². The van der Waals surface area contributed by atoms with Gasteiger partial charge in [0.15, 0.2) is 0 Å². The average molecular weight is 725 g/mol. The van der Waals surface area contributed by atoms with Crippen molar-refractivity contribution in [1.82, 2.24) is 30.0 Å². The molecule has 1 saturated carbocycles. The van der Waals surface area contributed by atoms with E-state index in [1.807, 2.05) is 12.1 Å². The molecule has 15 heteroatoms. The van der Waals surface area contributed by atoms with Crippen molar-refractivity contribution in [2.24, 2.45) is 0 Å². The summed E-state index contributed by atoms with van der Waals surface area (Å²) < 4.78 is 17.2. The number of nitriles is 1. The molecule has 2 aromatic carbocycles. The van der Waals surface area contributed by atoms with Gasteiger partial charge in [-0.1, -0.05) is 0 Å². The number of anilines is 1. The number of benzene rings is 2. The molecule has 7 rings (SSSR count). The Morgan fingerprint density at radius 2 is 1.58 bits per heavy atom. The fraction of sp³-hybridized carbons (Fsp3) is 0.500. The molecule has 4 aliphatic rings. The number of imide groups is 2. The minimum absolute atomic E-state index is 0.0709. The number of carbonyl (C=O) groups is 4. The lowest BCUT2D eigenvalue weighted by Gasteiger charge is -2.42. The molecular formula is C38H44N8O7. The molecule has 1 aromatic heterocycles. The van der Waals surface area contributed by atoms with Crippen LogP contribution in [0.3, 0.4) is 0 Å². The van der Waals surface area contributed by atoms with Crippen LogP contribution in [0.25, 0.3) is 10.9 Å². The highest BCUT2D eigenvalue weighted by Gasteiger charge is 2.44. The van der Waals surface area contributed by atoms with Crippen molar-refractivity contribution in [1.29, 1.82) is 5.26 Å². The van der Waals surface area contributed by atoms with E-state index in [0.29, 0.717) is 49.8 Å². The third kappa shape index (κ3) is 8.47. The first-order valence-electron chi connectivity index (χ1n) is 18.4. The molecule has 278 valence electrons. The Morgan fingerprint density at radius 3 is 2.36 bits per heavy atom. The number of nitrogens with one attached hydrogen (secondary N) is 2. The second kappa shape index (κ2) is 16.8. The normalized spacial score (nSPS) is 22.5. The summed E-state index contributed by atoms with van der Waals surface area (Å²) in [6, 6.07) is 12.3. The van der Waals surface area contributed by atoms with E-state index in [2.05, 4.69) is 36.5 Å². The molecule has 0 spiro atoms. The minimum atomic E-state index is -1.00. The second-order valence-electron chi connectivity index (χ2n) is 13.8. The van der Waals surface area contributed by atoms with Crippen LogP contribution in [0.2, 0.25) is 0 Å². The predicted octanol–water partition coefficient (Wildman–Crippen LogP) is 2.36. The highest BCUT2D eigenvalue weighted by atomic mass is 16.5. The number of hydrogen-bond donors (Lipinski definition) is 2. The van der Waals surface area contributed by atoms with Gasteiger partial charge in [-0.15, -0.1) is 0 Å². The molecule has 53 heavy (non-hydrogen) atoms. The Kier molecular flexibility index (Phi) is 11.5. The number of ether oxygens (including phenoxy) is 3. The first-order chi connectivity index (χ1) is 25.9. The van der Waals surface area contributed by atoms with Crippen LogP contribution >= 0.6 is 0 Å². The van der Waals surface area contributed by atoms with Crippen molar-refractivity contribution < 1.29 is 33.4 Å². The fourth-order valence-corrected chi connectivity index (χ4v) is 7.65. The molecule has 4 amide bonds. The molecular weight excluding hydrogens is 680 g/mol. The molecule has 3 aliphatic heterocycles. The zero-order chi connectivity index (χ0) is 36.7. The number of nitrogens with zero attached hydrogens (tertiary/aromatic N) is 6. The number of piperidine rings is 1. The molecule has 0 bridgehead atoms. The Bertz CT molecular complexity index is 1880. The van der Waals surface area contributed by atoms with Crippen LogP contribution in [0, 0.1) is 11.3 Å². The summed E-state index contributed by atoms with van der Waals surface area (Å²) in [6.45, 7) is 7.20. The number of piperazine rings is 1. The van der Waals surface area contributed by atoms with Crippen LogP contribution < -0.4 is 15.4 Å². The first-order valence-corrected chi connectivity index (χ1v) is 18.4. The number of aromatic nitrogens is 2. The zero-order valence-corrected chi connectivity index (χ0v) is 29.6. The maximum Gasteiger partial charge on any atom is 0.262 e. The Hall–Kier alpha value is -5.01. The molecule has 1 aliphatic carbocycles. The van der Waals surface area contributed by atoms with E-state index in [-0.39, 0.29) is 30.6 Å². The smallest absolute Gasteiger partial charge is 0.262 e. The number of carbonyl (C=O) groups excluding carboxylic acids is 4. The van der Waals surface area contributed by atoms with Gasteiger partial charge in [0.2, 0.25) is 11.8 Å². The van der Waals surface area contributed by atoms with Crippen LogP contribution in [0.15, 0.2) is 42.7 Å². The maximum absolute atomic E-state index is 13.0. The van der Waals surface area contributed by atoms with Gasteiger partial charge in [0.1, 0.15) is 30.5 Å². The summed E-state index contributed by atoms with van der Waals surface area (Å²) in [5.41, 5.74) is 1.83. The summed E-state index contributed by atoms with van der Waals surface area (Å²) in [5.74, 6) is -0.945. The monoisotopic (exact) mass is 724 g/mol. The lowest BCUT2D eigenvalue weighted by atomic mass is 9.89. The van der Waals surface area contributed by atoms with Gasteiger partial charge in [0.25, 0.3) is 11.8 Å². The predicted molar refractivity (Wildman–Crippen MR) is 192 cm³/mol. The largest absolute Gasteiger partial charge is 0.491 e. The quantitative estimate of drug-likeness (QED) is 0.183. The summed E-state index contributed by atoms with van der Waals surface area (Å²) >= 11 is 0. The Morgan fingerprint density at radius 1 is 0.830 bits per heavy atom. The minimum Gasteiger partial charge on any atom is -0.491 e. The third-order valence-electron chi connectivity index (χ3n) is 10.6. The topological polar surface area (TPSA) is 179 Å². The van der Waals surface area contributed by atoms with Crippen LogP contribution in [-0.2, 0) is 19.1 Å². The number of hydrogen-bond acceptors (Lipinski definition) is 13. The van der Waals surface area contributed by atoms with E-state index in [1.54, 1.807) is 18.5 Å². The van der Waals surface area contributed by atoms with Gasteiger partial charge < -0.3 is 19.5 Å². The standard InChI is InChI=1S/C38H44N8O7/c39-23-25-1-8-32-31(21-25)35(41-24-40-32)42-26-2-4-27(5-3-26)45-13-11-44(12-14-45)15-16-51-17-18-52-19-20-53-28-6-7-29-30(22-28)38(50)46(37(29)49)33-9-10-34(47)43-36(33)48/h1,6-8,21-22,24,26-27,33H,2-5,9-20H2,(H,40,41,42)(H,43,47,48)/t26-,27-,33?. The SMILES string of the molecule is N#Cc1ccc2ncnc(N[C@H]3CC[C@H](N4CCN(CCOCCOCCOc5ccc6c(c5)C(=O)N(C5CCC(=O)NC5=O)C6=O)CC4)CC3)c2c1.